The van der Waals surface area contributed by atoms with Gasteiger partial charge in [0.2, 0.25) is 0 Å². The maximum Gasteiger partial charge on any atom is 0.418 e. The van der Waals surface area contributed by atoms with Crippen molar-refractivity contribution in [1.29, 1.82) is 5.41 Å². The molecule has 118 valence electrons. The molecule has 4 N–H and O–H groups in total. The number of aliphatic hydroxyl groups is 1. The van der Waals surface area contributed by atoms with Gasteiger partial charge in [0.1, 0.15) is 12.4 Å². The zero-order chi connectivity index (χ0) is 15.8. The molecule has 2 rings (SSSR count). The van der Waals surface area contributed by atoms with Crippen LogP contribution in [0.5, 0.6) is 0 Å². The highest BCUT2D eigenvalue weighted by atomic mass is 32.3. The molecule has 2 bridgehead atoms. The molecular formula is C9H14N4O7S. The molecule has 0 spiro atoms. The third kappa shape index (κ3) is 3.29. The van der Waals surface area contributed by atoms with Crippen LogP contribution in [0.1, 0.15) is 12.8 Å². The Morgan fingerprint density at radius 1 is 1.48 bits per heavy atom. The molecule has 0 aromatic heterocycles. The van der Waals surface area contributed by atoms with Gasteiger partial charge in [-0.05, 0) is 12.8 Å². The number of nitrogens with zero attached hydrogens (tertiary/aromatic N) is 2. The largest absolute Gasteiger partial charge is 0.418 e. The van der Waals surface area contributed by atoms with Gasteiger partial charge in [-0.3, -0.25) is 14.8 Å². The summed E-state index contributed by atoms with van der Waals surface area (Å²) < 4.78 is 34.3. The van der Waals surface area contributed by atoms with Gasteiger partial charge in [0.15, 0.2) is 0 Å². The van der Waals surface area contributed by atoms with Gasteiger partial charge in [-0.25, -0.2) is 4.79 Å². The summed E-state index contributed by atoms with van der Waals surface area (Å²) in [6, 6.07) is -2.13. The fraction of sp³-hybridized carbons (Fsp3) is 0.667. The maximum absolute atomic E-state index is 12.0. The average molecular weight is 322 g/mol. The molecule has 2 heterocycles. The highest BCUT2D eigenvalue weighted by Crippen LogP contribution is 2.30. The predicted molar refractivity (Wildman–Crippen MR) is 66.3 cm³/mol. The number of fused-ring (bicyclic) bond motifs is 2. The fourth-order valence-corrected chi connectivity index (χ4v) is 2.79. The topological polar surface area (TPSA) is 160 Å². The summed E-state index contributed by atoms with van der Waals surface area (Å²) >= 11 is 0. The lowest BCUT2D eigenvalue weighted by Crippen LogP contribution is -2.51. The van der Waals surface area contributed by atoms with E-state index in [4.69, 9.17) is 15.1 Å². The first-order valence-electron chi connectivity index (χ1n) is 5.99. The van der Waals surface area contributed by atoms with E-state index in [0.29, 0.717) is 17.9 Å². The second kappa shape index (κ2) is 5.55. The molecule has 0 aliphatic carbocycles. The second-order valence-electron chi connectivity index (χ2n) is 4.63. The molecule has 2 atom stereocenters. The molecule has 2 fully saturated rings. The van der Waals surface area contributed by atoms with Crippen molar-refractivity contribution in [3.05, 3.63) is 0 Å². The number of hydrogen-bond donors (Lipinski definition) is 4. The predicted octanol–water partition coefficient (Wildman–Crippen LogP) is -1.92. The van der Waals surface area contributed by atoms with Crippen LogP contribution in [0.2, 0.25) is 0 Å². The minimum atomic E-state index is -4.82. The van der Waals surface area contributed by atoms with E-state index in [2.05, 4.69) is 9.60 Å². The molecule has 3 amide bonds. The van der Waals surface area contributed by atoms with Crippen LogP contribution in [0.25, 0.3) is 0 Å². The number of carbonyl (C=O) groups is 2. The van der Waals surface area contributed by atoms with Crippen molar-refractivity contribution >= 4 is 28.2 Å². The summed E-state index contributed by atoms with van der Waals surface area (Å²) in [5.74, 6) is -1.05. The first kappa shape index (κ1) is 15.6. The van der Waals surface area contributed by atoms with Crippen molar-refractivity contribution in [2.45, 2.75) is 24.9 Å². The number of nitrogens with one attached hydrogen (secondary N) is 2. The summed E-state index contributed by atoms with van der Waals surface area (Å²) in [6.07, 6.45) is 0.645. The normalized spacial score (nSPS) is 25.1. The van der Waals surface area contributed by atoms with E-state index in [-0.39, 0.29) is 12.4 Å². The number of carbonyl (C=O) groups excluding carboxylic acids is 2. The highest BCUT2D eigenvalue weighted by Gasteiger charge is 2.48. The summed E-state index contributed by atoms with van der Waals surface area (Å²) in [5.41, 5.74) is 0. The molecule has 2 aliphatic heterocycles. The third-order valence-electron chi connectivity index (χ3n) is 3.25. The highest BCUT2D eigenvalue weighted by molar-refractivity contribution is 7.80. The summed E-state index contributed by atoms with van der Waals surface area (Å²) in [7, 11) is -4.82. The third-order valence-corrected chi connectivity index (χ3v) is 3.60. The number of hydroxylamine groups is 2. The van der Waals surface area contributed by atoms with Crippen LogP contribution in [0.4, 0.5) is 4.79 Å². The molecule has 11 nitrogen and oxygen atoms in total. The van der Waals surface area contributed by atoms with E-state index in [1.807, 2.05) is 0 Å². The van der Waals surface area contributed by atoms with Gasteiger partial charge in [-0.1, -0.05) is 0 Å². The van der Waals surface area contributed by atoms with Gasteiger partial charge in [0.25, 0.3) is 5.91 Å². The minimum Gasteiger partial charge on any atom is -0.387 e. The number of piperidine rings is 1. The van der Waals surface area contributed by atoms with Crippen LogP contribution in [0.15, 0.2) is 0 Å². The van der Waals surface area contributed by atoms with Crippen molar-refractivity contribution in [1.82, 2.24) is 15.3 Å². The maximum atomic E-state index is 12.0. The van der Waals surface area contributed by atoms with E-state index in [1.165, 1.54) is 4.90 Å². The molecule has 0 unspecified atom stereocenters. The zero-order valence-electron chi connectivity index (χ0n) is 10.7. The van der Waals surface area contributed by atoms with E-state index in [9.17, 15) is 18.0 Å². The van der Waals surface area contributed by atoms with E-state index < -0.39 is 41.0 Å². The number of amidine groups is 1. The molecule has 0 aromatic rings. The van der Waals surface area contributed by atoms with Crippen LogP contribution in [0.3, 0.4) is 0 Å². The molecule has 12 heteroatoms. The Morgan fingerprint density at radius 2 is 2.14 bits per heavy atom. The monoisotopic (exact) mass is 322 g/mol. The standard InChI is InChI=1S/C9H14N4O7S/c10-8(11-7(15)4-14)6-2-1-5-3-12(6)9(16)13(5)20-21(17,18)19/h5-6,14H,1-4H2,(H2,10,11,15)(H,17,18,19)/t5-,6+/m1/s1. The number of aliphatic hydroxyl groups excluding tert-OH is 1. The number of amides is 3. The van der Waals surface area contributed by atoms with Crippen LogP contribution in [-0.4, -0.2) is 71.0 Å². The minimum absolute atomic E-state index is 0.108. The van der Waals surface area contributed by atoms with Crippen molar-refractivity contribution in [3.63, 3.8) is 0 Å². The molecule has 21 heavy (non-hydrogen) atoms. The summed E-state index contributed by atoms with van der Waals surface area (Å²) in [5, 5.41) is 19.1. The molecule has 0 saturated carbocycles. The molecule has 2 saturated heterocycles. The van der Waals surface area contributed by atoms with E-state index in [1.54, 1.807) is 0 Å². The SMILES string of the molecule is N=C(NC(=O)CO)[C@@H]1CC[C@@H]2CN1C(=O)N2OS(=O)(=O)O. The van der Waals surface area contributed by atoms with Crippen molar-refractivity contribution in [3.8, 4) is 0 Å². The average Bonchev–Trinajstić information content (AvgIpc) is 2.62. The van der Waals surface area contributed by atoms with Crippen LogP contribution < -0.4 is 5.32 Å². The van der Waals surface area contributed by atoms with Crippen molar-refractivity contribution in [2.24, 2.45) is 0 Å². The molecule has 0 radical (unpaired) electrons. The molecule has 2 aliphatic rings. The van der Waals surface area contributed by atoms with Crippen molar-refractivity contribution in [2.75, 3.05) is 13.2 Å². The second-order valence-corrected chi connectivity index (χ2v) is 5.63. The Morgan fingerprint density at radius 3 is 2.71 bits per heavy atom. The summed E-state index contributed by atoms with van der Waals surface area (Å²) in [4.78, 5) is 24.2. The summed E-state index contributed by atoms with van der Waals surface area (Å²) in [6.45, 7) is -0.680. The molecular weight excluding hydrogens is 308 g/mol. The quantitative estimate of drug-likeness (QED) is 0.266. The number of hydrogen-bond acceptors (Lipinski definition) is 7. The number of urea groups is 1. The zero-order valence-corrected chi connectivity index (χ0v) is 11.5. The van der Waals surface area contributed by atoms with Crippen LogP contribution in [-0.2, 0) is 19.5 Å². The Kier molecular flexibility index (Phi) is 4.13. The Hall–Kier alpha value is -1.76. The van der Waals surface area contributed by atoms with Gasteiger partial charge in [0.05, 0.1) is 12.1 Å². The Balaban J connectivity index is 2.10. The first-order valence-corrected chi connectivity index (χ1v) is 7.35. The van der Waals surface area contributed by atoms with E-state index >= 15 is 0 Å². The Labute approximate surface area is 119 Å². The lowest BCUT2D eigenvalue weighted by molar-refractivity contribution is -0.122. The smallest absolute Gasteiger partial charge is 0.387 e. The van der Waals surface area contributed by atoms with Gasteiger partial charge in [0, 0.05) is 6.54 Å². The van der Waals surface area contributed by atoms with Gasteiger partial charge in [-0.15, -0.1) is 4.28 Å². The van der Waals surface area contributed by atoms with Gasteiger partial charge < -0.3 is 15.3 Å². The number of rotatable bonds is 4. The lowest BCUT2D eigenvalue weighted by atomic mass is 10.00. The fourth-order valence-electron chi connectivity index (χ4n) is 2.40. The van der Waals surface area contributed by atoms with Crippen LogP contribution >= 0.6 is 0 Å². The van der Waals surface area contributed by atoms with Gasteiger partial charge >= 0.3 is 16.4 Å². The Bertz CT molecular complexity index is 577. The molecule has 0 aromatic carbocycles. The lowest BCUT2D eigenvalue weighted by Gasteiger charge is -2.30. The van der Waals surface area contributed by atoms with Crippen molar-refractivity contribution < 1.29 is 31.9 Å². The van der Waals surface area contributed by atoms with Crippen LogP contribution in [0, 0.1) is 5.41 Å². The first-order chi connectivity index (χ1) is 9.73. The van der Waals surface area contributed by atoms with Gasteiger partial charge in [-0.2, -0.15) is 13.5 Å². The van der Waals surface area contributed by atoms with E-state index in [0.717, 1.165) is 0 Å².